The van der Waals surface area contributed by atoms with E-state index in [0.29, 0.717) is 16.4 Å². The Hall–Kier alpha value is -2.37. The molecular formula is C19H17Cl2N3O2. The Bertz CT molecular complexity index is 892. The Morgan fingerprint density at radius 3 is 2.58 bits per heavy atom. The molecule has 1 aliphatic rings. The van der Waals surface area contributed by atoms with Gasteiger partial charge in [0, 0.05) is 16.6 Å². The quantitative estimate of drug-likeness (QED) is 0.583. The van der Waals surface area contributed by atoms with Crippen LogP contribution in [-0.4, -0.2) is 17.5 Å². The monoisotopic (exact) mass is 389 g/mol. The summed E-state index contributed by atoms with van der Waals surface area (Å²) in [6.07, 6.45) is 1.90. The number of benzene rings is 2. The van der Waals surface area contributed by atoms with Crippen molar-refractivity contribution < 1.29 is 9.59 Å². The van der Waals surface area contributed by atoms with E-state index in [1.54, 1.807) is 19.1 Å². The third-order valence-electron chi connectivity index (χ3n) is 4.00. The van der Waals surface area contributed by atoms with Gasteiger partial charge in [-0.1, -0.05) is 35.3 Å². The number of carbonyl (C=O) groups is 2. The average Bonchev–Trinajstić information content (AvgIpc) is 3.44. The first-order valence-corrected chi connectivity index (χ1v) is 8.90. The van der Waals surface area contributed by atoms with Crippen LogP contribution in [0.2, 0.25) is 10.0 Å². The van der Waals surface area contributed by atoms with Crippen molar-refractivity contribution >= 4 is 46.4 Å². The molecule has 2 N–H and O–H groups in total. The van der Waals surface area contributed by atoms with Gasteiger partial charge in [0.05, 0.1) is 16.3 Å². The van der Waals surface area contributed by atoms with Crippen molar-refractivity contribution in [2.45, 2.75) is 19.8 Å². The van der Waals surface area contributed by atoms with Crippen LogP contribution < -0.4 is 10.7 Å². The number of anilines is 1. The minimum absolute atomic E-state index is 0.0439. The summed E-state index contributed by atoms with van der Waals surface area (Å²) in [4.78, 5) is 24.1. The fourth-order valence-electron chi connectivity index (χ4n) is 2.34. The van der Waals surface area contributed by atoms with Crippen molar-refractivity contribution in [1.29, 1.82) is 0 Å². The van der Waals surface area contributed by atoms with Crippen molar-refractivity contribution in [2.75, 3.05) is 5.32 Å². The molecule has 2 aromatic rings. The maximum Gasteiger partial charge on any atom is 0.272 e. The van der Waals surface area contributed by atoms with E-state index in [-0.39, 0.29) is 22.4 Å². The third-order valence-corrected chi connectivity index (χ3v) is 4.54. The number of hydrogen-bond donors (Lipinski definition) is 2. The van der Waals surface area contributed by atoms with Crippen molar-refractivity contribution in [1.82, 2.24) is 5.43 Å². The Morgan fingerprint density at radius 2 is 1.88 bits per heavy atom. The molecule has 0 radical (unpaired) electrons. The van der Waals surface area contributed by atoms with E-state index in [4.69, 9.17) is 23.2 Å². The minimum atomic E-state index is -0.427. The second-order valence-corrected chi connectivity index (χ2v) is 6.95. The summed E-state index contributed by atoms with van der Waals surface area (Å²) in [5.74, 6) is -0.247. The van der Waals surface area contributed by atoms with Crippen LogP contribution in [0, 0.1) is 5.92 Å². The maximum absolute atomic E-state index is 12.2. The zero-order valence-corrected chi connectivity index (χ0v) is 15.6. The van der Waals surface area contributed by atoms with Crippen molar-refractivity contribution in [3.05, 3.63) is 63.6 Å². The number of halogens is 2. The summed E-state index contributed by atoms with van der Waals surface area (Å²) in [6.45, 7) is 1.77. The highest BCUT2D eigenvalue weighted by molar-refractivity contribution is 6.36. The molecule has 2 amide bonds. The molecule has 2 aromatic carbocycles. The fraction of sp³-hybridized carbons (Fsp3) is 0.211. The lowest BCUT2D eigenvalue weighted by Crippen LogP contribution is -2.20. The molecule has 1 saturated carbocycles. The lowest BCUT2D eigenvalue weighted by Gasteiger charge is -2.08. The summed E-state index contributed by atoms with van der Waals surface area (Å²) >= 11 is 11.9. The molecule has 26 heavy (non-hydrogen) atoms. The van der Waals surface area contributed by atoms with Gasteiger partial charge >= 0.3 is 0 Å². The van der Waals surface area contributed by atoms with Crippen LogP contribution in [0.1, 0.15) is 35.7 Å². The van der Waals surface area contributed by atoms with E-state index < -0.39 is 5.91 Å². The molecule has 0 saturated heterocycles. The molecular weight excluding hydrogens is 373 g/mol. The van der Waals surface area contributed by atoms with E-state index in [1.807, 2.05) is 24.3 Å². The average molecular weight is 390 g/mol. The van der Waals surface area contributed by atoms with Gasteiger partial charge in [0.2, 0.25) is 5.91 Å². The smallest absolute Gasteiger partial charge is 0.272 e. The highest BCUT2D eigenvalue weighted by atomic mass is 35.5. The van der Waals surface area contributed by atoms with Crippen LogP contribution >= 0.6 is 23.2 Å². The van der Waals surface area contributed by atoms with Gasteiger partial charge in [0.1, 0.15) is 0 Å². The Balaban J connectivity index is 1.68. The second kappa shape index (κ2) is 7.89. The SMILES string of the molecule is C/C(=N/NC(=O)c1ccc(Cl)cc1Cl)c1cccc(NC(=O)C2CC2)c1. The predicted octanol–water partition coefficient (Wildman–Crippen LogP) is 4.50. The number of amides is 2. The topological polar surface area (TPSA) is 70.6 Å². The largest absolute Gasteiger partial charge is 0.326 e. The predicted molar refractivity (Wildman–Crippen MR) is 104 cm³/mol. The van der Waals surface area contributed by atoms with Gasteiger partial charge in [-0.15, -0.1) is 0 Å². The lowest BCUT2D eigenvalue weighted by molar-refractivity contribution is -0.117. The number of hydrazone groups is 1. The molecule has 1 fully saturated rings. The van der Waals surface area contributed by atoms with E-state index in [2.05, 4.69) is 15.8 Å². The van der Waals surface area contributed by atoms with Crippen molar-refractivity contribution in [3.63, 3.8) is 0 Å². The second-order valence-electron chi connectivity index (χ2n) is 6.11. The fourth-order valence-corrected chi connectivity index (χ4v) is 2.84. The number of nitrogens with zero attached hydrogens (tertiary/aromatic N) is 1. The zero-order valence-electron chi connectivity index (χ0n) is 14.1. The van der Waals surface area contributed by atoms with Crippen LogP contribution in [0.4, 0.5) is 5.69 Å². The van der Waals surface area contributed by atoms with Crippen molar-refractivity contribution in [3.8, 4) is 0 Å². The highest BCUT2D eigenvalue weighted by Crippen LogP contribution is 2.30. The molecule has 0 atom stereocenters. The Kier molecular flexibility index (Phi) is 5.59. The van der Waals surface area contributed by atoms with E-state index in [0.717, 1.165) is 18.4 Å². The van der Waals surface area contributed by atoms with Gasteiger partial charge in [-0.25, -0.2) is 5.43 Å². The van der Waals surface area contributed by atoms with Crippen molar-refractivity contribution in [2.24, 2.45) is 11.0 Å². The summed E-state index contributed by atoms with van der Waals surface area (Å²) in [6, 6.07) is 12.0. The van der Waals surface area contributed by atoms with Crippen LogP contribution in [0.3, 0.4) is 0 Å². The summed E-state index contributed by atoms with van der Waals surface area (Å²) in [7, 11) is 0. The van der Waals surface area contributed by atoms with Crippen LogP contribution in [-0.2, 0) is 4.79 Å². The number of hydrogen-bond acceptors (Lipinski definition) is 3. The molecule has 0 aliphatic heterocycles. The number of rotatable bonds is 5. The molecule has 0 unspecified atom stereocenters. The maximum atomic E-state index is 12.2. The van der Waals surface area contributed by atoms with Gasteiger partial charge in [-0.3, -0.25) is 9.59 Å². The normalized spacial score (nSPS) is 14.0. The summed E-state index contributed by atoms with van der Waals surface area (Å²) in [5.41, 5.74) is 4.87. The molecule has 7 heteroatoms. The van der Waals surface area contributed by atoms with Crippen LogP contribution in [0.25, 0.3) is 0 Å². The number of nitrogens with one attached hydrogen (secondary N) is 2. The molecule has 0 aromatic heterocycles. The van der Waals surface area contributed by atoms with Gasteiger partial charge in [0.15, 0.2) is 0 Å². The van der Waals surface area contributed by atoms with E-state index >= 15 is 0 Å². The van der Waals surface area contributed by atoms with Gasteiger partial charge in [-0.2, -0.15) is 5.10 Å². The van der Waals surface area contributed by atoms with Gasteiger partial charge in [0.25, 0.3) is 5.91 Å². The zero-order chi connectivity index (χ0) is 18.7. The Morgan fingerprint density at radius 1 is 1.12 bits per heavy atom. The lowest BCUT2D eigenvalue weighted by atomic mass is 10.1. The van der Waals surface area contributed by atoms with Gasteiger partial charge in [-0.05, 0) is 55.7 Å². The summed E-state index contributed by atoms with van der Waals surface area (Å²) < 4.78 is 0. The molecule has 0 heterocycles. The minimum Gasteiger partial charge on any atom is -0.326 e. The molecule has 134 valence electrons. The first kappa shape index (κ1) is 18.4. The molecule has 0 spiro atoms. The number of carbonyl (C=O) groups excluding carboxylic acids is 2. The van der Waals surface area contributed by atoms with Crippen LogP contribution in [0.5, 0.6) is 0 Å². The van der Waals surface area contributed by atoms with Crippen LogP contribution in [0.15, 0.2) is 47.6 Å². The third kappa shape index (κ3) is 4.62. The Labute approximate surface area is 161 Å². The molecule has 3 rings (SSSR count). The standard InChI is InChI=1S/C19H17Cl2N3O2/c1-11(23-24-19(26)16-8-7-14(20)10-17(16)21)13-3-2-4-15(9-13)22-18(25)12-5-6-12/h2-4,7-10,12H,5-6H2,1H3,(H,22,25)(H,24,26)/b23-11-. The first-order valence-electron chi connectivity index (χ1n) is 8.15. The molecule has 0 bridgehead atoms. The van der Waals surface area contributed by atoms with Gasteiger partial charge < -0.3 is 5.32 Å². The highest BCUT2D eigenvalue weighted by Gasteiger charge is 2.29. The van der Waals surface area contributed by atoms with E-state index in [9.17, 15) is 9.59 Å². The summed E-state index contributed by atoms with van der Waals surface area (Å²) in [5, 5.41) is 7.72. The molecule has 1 aliphatic carbocycles. The van der Waals surface area contributed by atoms with E-state index in [1.165, 1.54) is 6.07 Å². The molecule has 5 nitrogen and oxygen atoms in total. The first-order chi connectivity index (χ1) is 12.4.